The standard InChI is InChI=1S/C16H25FN2.ClH/c1-13-3-4-15(11-16(13)17)12-19-9-6-14(7-10-19)5-8-18-2;/h3-4,11,14,18H,5-10,12H2,1-2H3;1H. The highest BCUT2D eigenvalue weighted by Gasteiger charge is 2.18. The first-order valence-electron chi connectivity index (χ1n) is 7.31. The van der Waals surface area contributed by atoms with E-state index in [1.807, 2.05) is 26.1 Å². The van der Waals surface area contributed by atoms with Gasteiger partial charge in [-0.25, -0.2) is 4.39 Å². The van der Waals surface area contributed by atoms with Crippen LogP contribution in [0.25, 0.3) is 0 Å². The lowest BCUT2D eigenvalue weighted by molar-refractivity contribution is 0.172. The molecule has 1 aromatic carbocycles. The number of piperidine rings is 1. The zero-order chi connectivity index (χ0) is 13.7. The van der Waals surface area contributed by atoms with E-state index in [9.17, 15) is 4.39 Å². The highest BCUT2D eigenvalue weighted by atomic mass is 35.5. The van der Waals surface area contributed by atoms with Gasteiger partial charge < -0.3 is 5.32 Å². The monoisotopic (exact) mass is 300 g/mol. The zero-order valence-corrected chi connectivity index (χ0v) is 13.3. The van der Waals surface area contributed by atoms with Gasteiger partial charge in [-0.15, -0.1) is 12.4 Å². The Morgan fingerprint density at radius 3 is 2.60 bits per heavy atom. The summed E-state index contributed by atoms with van der Waals surface area (Å²) >= 11 is 0. The van der Waals surface area contributed by atoms with Crippen LogP contribution in [-0.2, 0) is 6.54 Å². The van der Waals surface area contributed by atoms with Gasteiger partial charge in [0.05, 0.1) is 0 Å². The third-order valence-electron chi connectivity index (χ3n) is 4.15. The minimum atomic E-state index is -0.0820. The molecule has 2 rings (SSSR count). The van der Waals surface area contributed by atoms with Crippen LogP contribution < -0.4 is 5.32 Å². The van der Waals surface area contributed by atoms with E-state index in [0.717, 1.165) is 43.2 Å². The average molecular weight is 301 g/mol. The quantitative estimate of drug-likeness (QED) is 0.897. The molecule has 1 fully saturated rings. The van der Waals surface area contributed by atoms with Crippen molar-refractivity contribution in [2.24, 2.45) is 5.92 Å². The molecule has 0 unspecified atom stereocenters. The van der Waals surface area contributed by atoms with Gasteiger partial charge in [-0.05, 0) is 76.0 Å². The molecule has 1 aromatic rings. The summed E-state index contributed by atoms with van der Waals surface area (Å²) in [6.45, 7) is 6.10. The van der Waals surface area contributed by atoms with E-state index in [0.29, 0.717) is 0 Å². The molecule has 1 aliphatic heterocycles. The summed E-state index contributed by atoms with van der Waals surface area (Å²) in [5.41, 5.74) is 1.83. The summed E-state index contributed by atoms with van der Waals surface area (Å²) in [4.78, 5) is 2.44. The van der Waals surface area contributed by atoms with Gasteiger partial charge in [0.25, 0.3) is 0 Å². The molecular formula is C16H26ClFN2. The van der Waals surface area contributed by atoms with Gasteiger partial charge in [-0.2, -0.15) is 0 Å². The van der Waals surface area contributed by atoms with Crippen LogP contribution in [-0.4, -0.2) is 31.6 Å². The third-order valence-corrected chi connectivity index (χ3v) is 4.15. The van der Waals surface area contributed by atoms with Crippen molar-refractivity contribution in [1.29, 1.82) is 0 Å². The number of halogens is 2. The van der Waals surface area contributed by atoms with Crippen LogP contribution in [0.3, 0.4) is 0 Å². The van der Waals surface area contributed by atoms with E-state index < -0.39 is 0 Å². The van der Waals surface area contributed by atoms with Crippen molar-refractivity contribution in [3.63, 3.8) is 0 Å². The molecule has 0 aliphatic carbocycles. The van der Waals surface area contributed by atoms with Gasteiger partial charge in [0.2, 0.25) is 0 Å². The Hall–Kier alpha value is -0.640. The Balaban J connectivity index is 0.00000200. The summed E-state index contributed by atoms with van der Waals surface area (Å²) in [6.07, 6.45) is 3.83. The van der Waals surface area contributed by atoms with Crippen molar-refractivity contribution >= 4 is 12.4 Å². The van der Waals surface area contributed by atoms with Crippen LogP contribution >= 0.6 is 12.4 Å². The van der Waals surface area contributed by atoms with Crippen LogP contribution in [0.5, 0.6) is 0 Å². The Bertz CT molecular complexity index is 403. The topological polar surface area (TPSA) is 15.3 Å². The van der Waals surface area contributed by atoms with Crippen LogP contribution in [0.2, 0.25) is 0 Å². The number of rotatable bonds is 5. The first kappa shape index (κ1) is 17.4. The molecule has 0 saturated carbocycles. The second-order valence-corrected chi connectivity index (χ2v) is 5.70. The van der Waals surface area contributed by atoms with E-state index in [1.165, 1.54) is 19.3 Å². The maximum absolute atomic E-state index is 13.5. The molecule has 1 aliphatic rings. The summed E-state index contributed by atoms with van der Waals surface area (Å²) in [6, 6.07) is 5.61. The van der Waals surface area contributed by atoms with Gasteiger partial charge in [-0.3, -0.25) is 4.90 Å². The van der Waals surface area contributed by atoms with E-state index in [-0.39, 0.29) is 18.2 Å². The number of benzene rings is 1. The Morgan fingerprint density at radius 2 is 2.00 bits per heavy atom. The SMILES string of the molecule is CNCCC1CCN(Cc2ccc(C)c(F)c2)CC1.Cl. The van der Waals surface area contributed by atoms with Crippen LogP contribution in [0.4, 0.5) is 4.39 Å². The molecule has 1 N–H and O–H groups in total. The minimum Gasteiger partial charge on any atom is -0.320 e. The lowest BCUT2D eigenvalue weighted by atomic mass is 9.93. The summed E-state index contributed by atoms with van der Waals surface area (Å²) < 4.78 is 13.5. The van der Waals surface area contributed by atoms with Crippen molar-refractivity contribution in [3.8, 4) is 0 Å². The van der Waals surface area contributed by atoms with Gasteiger partial charge in [0, 0.05) is 6.54 Å². The number of likely N-dealkylation sites (tertiary alicyclic amines) is 1. The first-order valence-corrected chi connectivity index (χ1v) is 7.31. The van der Waals surface area contributed by atoms with Crippen LogP contribution in [0.15, 0.2) is 18.2 Å². The molecule has 0 atom stereocenters. The van der Waals surface area contributed by atoms with E-state index in [1.54, 1.807) is 6.07 Å². The van der Waals surface area contributed by atoms with Gasteiger partial charge in [0.15, 0.2) is 0 Å². The molecule has 0 spiro atoms. The minimum absolute atomic E-state index is 0. The number of aryl methyl sites for hydroxylation is 1. The van der Waals surface area contributed by atoms with Gasteiger partial charge in [-0.1, -0.05) is 12.1 Å². The molecule has 20 heavy (non-hydrogen) atoms. The number of nitrogens with zero attached hydrogens (tertiary/aromatic N) is 1. The second-order valence-electron chi connectivity index (χ2n) is 5.70. The number of hydrogen-bond acceptors (Lipinski definition) is 2. The number of hydrogen-bond donors (Lipinski definition) is 1. The van der Waals surface area contributed by atoms with Crippen molar-refractivity contribution in [2.45, 2.75) is 32.7 Å². The molecule has 0 bridgehead atoms. The van der Waals surface area contributed by atoms with Gasteiger partial charge >= 0.3 is 0 Å². The molecule has 4 heteroatoms. The van der Waals surface area contributed by atoms with Crippen molar-refractivity contribution in [3.05, 3.63) is 35.1 Å². The van der Waals surface area contributed by atoms with Gasteiger partial charge in [0.1, 0.15) is 5.82 Å². The first-order chi connectivity index (χ1) is 9.19. The van der Waals surface area contributed by atoms with E-state index in [4.69, 9.17) is 0 Å². The van der Waals surface area contributed by atoms with Crippen LogP contribution in [0, 0.1) is 18.7 Å². The van der Waals surface area contributed by atoms with E-state index in [2.05, 4.69) is 10.2 Å². The maximum atomic E-state index is 13.5. The molecule has 0 amide bonds. The molecule has 1 saturated heterocycles. The second kappa shape index (κ2) is 8.60. The highest BCUT2D eigenvalue weighted by molar-refractivity contribution is 5.85. The smallest absolute Gasteiger partial charge is 0.126 e. The molecular weight excluding hydrogens is 275 g/mol. The zero-order valence-electron chi connectivity index (χ0n) is 12.5. The van der Waals surface area contributed by atoms with Crippen LogP contribution in [0.1, 0.15) is 30.4 Å². The molecule has 1 heterocycles. The molecule has 2 nitrogen and oxygen atoms in total. The average Bonchev–Trinajstić information content (AvgIpc) is 2.42. The number of nitrogens with one attached hydrogen (secondary N) is 1. The molecule has 0 aromatic heterocycles. The normalized spacial score (nSPS) is 16.9. The molecule has 0 radical (unpaired) electrons. The Kier molecular flexibility index (Phi) is 7.49. The highest BCUT2D eigenvalue weighted by Crippen LogP contribution is 2.21. The van der Waals surface area contributed by atoms with E-state index >= 15 is 0 Å². The summed E-state index contributed by atoms with van der Waals surface area (Å²) in [7, 11) is 2.01. The molecule has 114 valence electrons. The lowest BCUT2D eigenvalue weighted by Crippen LogP contribution is -2.34. The van der Waals surface area contributed by atoms with Crippen molar-refractivity contribution in [2.75, 3.05) is 26.7 Å². The Morgan fingerprint density at radius 1 is 1.30 bits per heavy atom. The summed E-state index contributed by atoms with van der Waals surface area (Å²) in [5, 5.41) is 3.22. The Labute approximate surface area is 128 Å². The fourth-order valence-corrected chi connectivity index (χ4v) is 2.77. The van der Waals surface area contributed by atoms with Crippen molar-refractivity contribution in [1.82, 2.24) is 10.2 Å². The fourth-order valence-electron chi connectivity index (χ4n) is 2.77. The third kappa shape index (κ3) is 5.04. The fraction of sp³-hybridized carbons (Fsp3) is 0.625. The maximum Gasteiger partial charge on any atom is 0.126 e. The predicted octanol–water partition coefficient (Wildman–Crippen LogP) is 3.38. The predicted molar refractivity (Wildman–Crippen MR) is 84.9 cm³/mol. The largest absolute Gasteiger partial charge is 0.320 e. The lowest BCUT2D eigenvalue weighted by Gasteiger charge is -2.32. The summed E-state index contributed by atoms with van der Waals surface area (Å²) in [5.74, 6) is 0.778. The van der Waals surface area contributed by atoms with Crippen molar-refractivity contribution < 1.29 is 4.39 Å².